The number of carbonyl (C=O) groups is 4. The molecule has 2 aromatic carbocycles. The minimum Gasteiger partial charge on any atom is -0.480 e. The second kappa shape index (κ2) is 13.1. The molecule has 0 radical (unpaired) electrons. The SMILES string of the molecule is NC(Cc1ccccc1)C(=O)N1CCCC1C(=O)NC(Cc1ccccc1)C(=O)NC(CS)C(=O)O. The van der Waals surface area contributed by atoms with Crippen LogP contribution in [-0.2, 0) is 32.0 Å². The molecule has 5 N–H and O–H groups in total. The van der Waals surface area contributed by atoms with Gasteiger partial charge in [0.2, 0.25) is 17.7 Å². The highest BCUT2D eigenvalue weighted by Gasteiger charge is 2.38. The number of carboxylic acids is 1. The molecule has 3 amide bonds. The van der Waals surface area contributed by atoms with Gasteiger partial charge in [0.25, 0.3) is 0 Å². The molecule has 1 fully saturated rings. The average Bonchev–Trinajstić information content (AvgIpc) is 3.37. The fraction of sp³-hybridized carbons (Fsp3) is 0.385. The molecule has 36 heavy (non-hydrogen) atoms. The van der Waals surface area contributed by atoms with Crippen LogP contribution in [0.3, 0.4) is 0 Å². The van der Waals surface area contributed by atoms with Gasteiger partial charge in [-0.25, -0.2) is 4.79 Å². The van der Waals surface area contributed by atoms with Gasteiger partial charge in [0.15, 0.2) is 0 Å². The highest BCUT2D eigenvalue weighted by atomic mass is 32.1. The maximum Gasteiger partial charge on any atom is 0.327 e. The van der Waals surface area contributed by atoms with E-state index in [9.17, 15) is 24.3 Å². The standard InChI is InChI=1S/C26H32N4O5S/c27-19(14-17-8-3-1-4-9-17)25(33)30-13-7-12-22(30)24(32)28-20(15-18-10-5-2-6-11-18)23(31)29-21(16-36)26(34)35/h1-6,8-11,19-22,36H,7,12-16,27H2,(H,28,32)(H,29,31)(H,34,35). The first-order valence-corrected chi connectivity index (χ1v) is 12.5. The quantitative estimate of drug-likeness (QED) is 0.282. The van der Waals surface area contributed by atoms with Gasteiger partial charge in [-0.15, -0.1) is 0 Å². The Hall–Kier alpha value is -3.37. The van der Waals surface area contributed by atoms with E-state index >= 15 is 0 Å². The van der Waals surface area contributed by atoms with Crippen LogP contribution in [-0.4, -0.2) is 70.2 Å². The van der Waals surface area contributed by atoms with Crippen LogP contribution in [0, 0.1) is 0 Å². The lowest BCUT2D eigenvalue weighted by Crippen LogP contribution is -2.57. The predicted octanol–water partition coefficient (Wildman–Crippen LogP) is 0.774. The van der Waals surface area contributed by atoms with Crippen molar-refractivity contribution in [3.63, 3.8) is 0 Å². The van der Waals surface area contributed by atoms with E-state index < -0.39 is 42.0 Å². The van der Waals surface area contributed by atoms with Crippen molar-refractivity contribution in [2.75, 3.05) is 12.3 Å². The minimum absolute atomic E-state index is 0.0999. The monoisotopic (exact) mass is 512 g/mol. The number of aliphatic carboxylic acids is 1. The highest BCUT2D eigenvalue weighted by molar-refractivity contribution is 7.80. The molecule has 1 saturated heterocycles. The molecule has 0 saturated carbocycles. The second-order valence-electron chi connectivity index (χ2n) is 8.82. The zero-order valence-electron chi connectivity index (χ0n) is 19.9. The molecule has 2 aromatic rings. The van der Waals surface area contributed by atoms with Gasteiger partial charge >= 0.3 is 5.97 Å². The normalized spacial score (nSPS) is 17.6. The first kappa shape index (κ1) is 27.2. The number of rotatable bonds is 11. The minimum atomic E-state index is -1.22. The smallest absolute Gasteiger partial charge is 0.327 e. The third-order valence-electron chi connectivity index (χ3n) is 6.17. The van der Waals surface area contributed by atoms with Crippen LogP contribution in [0.5, 0.6) is 0 Å². The molecule has 4 atom stereocenters. The van der Waals surface area contributed by atoms with Crippen molar-refractivity contribution >= 4 is 36.3 Å². The first-order valence-electron chi connectivity index (χ1n) is 11.9. The summed E-state index contributed by atoms with van der Waals surface area (Å²) in [5.41, 5.74) is 7.91. The molecular formula is C26H32N4O5S. The number of thiol groups is 1. The molecular weight excluding hydrogens is 480 g/mol. The van der Waals surface area contributed by atoms with Crippen LogP contribution >= 0.6 is 12.6 Å². The van der Waals surface area contributed by atoms with Crippen LogP contribution in [0.25, 0.3) is 0 Å². The molecule has 3 rings (SSSR count). The van der Waals surface area contributed by atoms with E-state index in [1.807, 2.05) is 60.7 Å². The van der Waals surface area contributed by atoms with E-state index in [-0.39, 0.29) is 18.1 Å². The van der Waals surface area contributed by atoms with Crippen molar-refractivity contribution in [2.45, 2.75) is 49.9 Å². The molecule has 10 heteroatoms. The average molecular weight is 513 g/mol. The highest BCUT2D eigenvalue weighted by Crippen LogP contribution is 2.20. The largest absolute Gasteiger partial charge is 0.480 e. The molecule has 0 bridgehead atoms. The summed E-state index contributed by atoms with van der Waals surface area (Å²) in [4.78, 5) is 52.2. The van der Waals surface area contributed by atoms with Gasteiger partial charge in [0, 0.05) is 18.7 Å². The summed E-state index contributed by atoms with van der Waals surface area (Å²) in [5, 5.41) is 14.5. The van der Waals surface area contributed by atoms with Gasteiger partial charge in [-0.05, 0) is 30.4 Å². The van der Waals surface area contributed by atoms with Gasteiger partial charge in [-0.2, -0.15) is 12.6 Å². The van der Waals surface area contributed by atoms with Gasteiger partial charge in [-0.1, -0.05) is 60.7 Å². The van der Waals surface area contributed by atoms with Crippen LogP contribution in [0.1, 0.15) is 24.0 Å². The third-order valence-corrected chi connectivity index (χ3v) is 6.53. The number of likely N-dealkylation sites (tertiary alicyclic amines) is 1. The lowest BCUT2D eigenvalue weighted by atomic mass is 10.0. The van der Waals surface area contributed by atoms with Crippen LogP contribution in [0.15, 0.2) is 60.7 Å². The van der Waals surface area contributed by atoms with E-state index in [1.54, 1.807) is 0 Å². The Bertz CT molecular complexity index is 1050. The fourth-order valence-corrected chi connectivity index (χ4v) is 4.50. The lowest BCUT2D eigenvalue weighted by Gasteiger charge is -2.28. The Kier molecular flexibility index (Phi) is 9.89. The van der Waals surface area contributed by atoms with Crippen LogP contribution in [0.4, 0.5) is 0 Å². The zero-order chi connectivity index (χ0) is 26.1. The Morgan fingerprint density at radius 1 is 0.944 bits per heavy atom. The van der Waals surface area contributed by atoms with Crippen molar-refractivity contribution in [2.24, 2.45) is 5.73 Å². The summed E-state index contributed by atoms with van der Waals surface area (Å²) in [7, 11) is 0. The molecule has 4 unspecified atom stereocenters. The van der Waals surface area contributed by atoms with Crippen molar-refractivity contribution in [1.29, 1.82) is 0 Å². The summed E-state index contributed by atoms with van der Waals surface area (Å²) in [6.07, 6.45) is 1.59. The topological polar surface area (TPSA) is 142 Å². The summed E-state index contributed by atoms with van der Waals surface area (Å²) in [6.45, 7) is 0.399. The van der Waals surface area contributed by atoms with Gasteiger partial charge in [0.1, 0.15) is 18.1 Å². The van der Waals surface area contributed by atoms with Crippen molar-refractivity contribution in [3.05, 3.63) is 71.8 Å². The van der Waals surface area contributed by atoms with Crippen LogP contribution in [0.2, 0.25) is 0 Å². The Morgan fingerprint density at radius 3 is 2.08 bits per heavy atom. The Balaban J connectivity index is 1.71. The summed E-state index contributed by atoms with van der Waals surface area (Å²) in [5.74, 6) is -2.74. The van der Waals surface area contributed by atoms with E-state index in [0.29, 0.717) is 25.8 Å². The third kappa shape index (κ3) is 7.32. The molecule has 0 spiro atoms. The molecule has 9 nitrogen and oxygen atoms in total. The maximum atomic E-state index is 13.3. The van der Waals surface area contributed by atoms with Crippen molar-refractivity contribution in [3.8, 4) is 0 Å². The van der Waals surface area contributed by atoms with Crippen molar-refractivity contribution < 1.29 is 24.3 Å². The summed E-state index contributed by atoms with van der Waals surface area (Å²) < 4.78 is 0. The zero-order valence-corrected chi connectivity index (χ0v) is 20.8. The molecule has 0 aliphatic carbocycles. The van der Waals surface area contributed by atoms with Gasteiger partial charge in [0.05, 0.1) is 6.04 Å². The molecule has 192 valence electrons. The van der Waals surface area contributed by atoms with Gasteiger partial charge in [-0.3, -0.25) is 14.4 Å². The summed E-state index contributed by atoms with van der Waals surface area (Å²) in [6, 6.07) is 14.7. The molecule has 0 aromatic heterocycles. The molecule has 1 heterocycles. The van der Waals surface area contributed by atoms with E-state index in [0.717, 1.165) is 11.1 Å². The first-order chi connectivity index (χ1) is 17.3. The number of benzene rings is 2. The van der Waals surface area contributed by atoms with Crippen LogP contribution < -0.4 is 16.4 Å². The number of carbonyl (C=O) groups excluding carboxylic acids is 3. The lowest BCUT2D eigenvalue weighted by molar-refractivity contribution is -0.142. The number of nitrogens with zero attached hydrogens (tertiary/aromatic N) is 1. The number of carboxylic acid groups (broad SMARTS) is 1. The fourth-order valence-electron chi connectivity index (χ4n) is 4.26. The second-order valence-corrected chi connectivity index (χ2v) is 9.18. The number of amides is 3. The maximum absolute atomic E-state index is 13.3. The number of hydrogen-bond donors (Lipinski definition) is 5. The Labute approximate surface area is 215 Å². The van der Waals surface area contributed by atoms with E-state index in [1.165, 1.54) is 4.90 Å². The molecule has 1 aliphatic rings. The van der Waals surface area contributed by atoms with Gasteiger partial charge < -0.3 is 26.4 Å². The Morgan fingerprint density at radius 2 is 1.53 bits per heavy atom. The number of hydrogen-bond acceptors (Lipinski definition) is 6. The summed E-state index contributed by atoms with van der Waals surface area (Å²) >= 11 is 3.99. The van der Waals surface area contributed by atoms with E-state index in [2.05, 4.69) is 23.3 Å². The predicted molar refractivity (Wildman–Crippen MR) is 138 cm³/mol. The van der Waals surface area contributed by atoms with Crippen molar-refractivity contribution in [1.82, 2.24) is 15.5 Å². The van der Waals surface area contributed by atoms with E-state index in [4.69, 9.17) is 5.73 Å². The number of nitrogens with two attached hydrogens (primary N) is 1. The molecule has 1 aliphatic heterocycles. The number of nitrogens with one attached hydrogen (secondary N) is 2.